The van der Waals surface area contributed by atoms with Crippen molar-refractivity contribution in [2.75, 3.05) is 26.2 Å². The lowest BCUT2D eigenvalue weighted by Gasteiger charge is -2.37. The van der Waals surface area contributed by atoms with Crippen LogP contribution in [0.15, 0.2) is 0 Å². The average molecular weight is 238 g/mol. The maximum Gasteiger partial charge on any atom is 0.0197 e. The molecule has 0 radical (unpaired) electrons. The van der Waals surface area contributed by atoms with Crippen molar-refractivity contribution in [2.24, 2.45) is 11.8 Å². The van der Waals surface area contributed by atoms with E-state index >= 15 is 0 Å². The molecule has 2 aliphatic rings. The molecule has 2 rings (SSSR count). The first-order chi connectivity index (χ1) is 8.31. The van der Waals surface area contributed by atoms with Gasteiger partial charge in [0.1, 0.15) is 0 Å². The smallest absolute Gasteiger partial charge is 0.0197 e. The Hall–Kier alpha value is -0.0800. The van der Waals surface area contributed by atoms with Crippen molar-refractivity contribution >= 4 is 0 Å². The molecule has 2 aliphatic heterocycles. The van der Waals surface area contributed by atoms with Crippen molar-refractivity contribution in [1.82, 2.24) is 10.2 Å². The summed E-state index contributed by atoms with van der Waals surface area (Å²) in [5.74, 6) is 1.99. The number of likely N-dealkylation sites (tertiary alicyclic amines) is 1. The molecule has 2 unspecified atom stereocenters. The standard InChI is InChI=1S/C15H30N2/c1-3-13-6-9-17(10-7-13)12-15-11-14(4-2)5-8-16-15/h13-16H,3-12H2,1-2H3. The molecule has 2 atom stereocenters. The van der Waals surface area contributed by atoms with Crippen LogP contribution in [0.5, 0.6) is 0 Å². The Labute approximate surface area is 107 Å². The van der Waals surface area contributed by atoms with Crippen LogP contribution in [0.1, 0.15) is 52.4 Å². The minimum absolute atomic E-state index is 0.770. The normalized spacial score (nSPS) is 32.8. The number of hydrogen-bond acceptors (Lipinski definition) is 2. The zero-order chi connectivity index (χ0) is 12.1. The maximum atomic E-state index is 3.71. The zero-order valence-electron chi connectivity index (χ0n) is 11.8. The summed E-state index contributed by atoms with van der Waals surface area (Å²) in [6.07, 6.45) is 8.42. The van der Waals surface area contributed by atoms with E-state index in [1.54, 1.807) is 0 Å². The van der Waals surface area contributed by atoms with Crippen molar-refractivity contribution < 1.29 is 0 Å². The van der Waals surface area contributed by atoms with Gasteiger partial charge in [0.15, 0.2) is 0 Å². The van der Waals surface area contributed by atoms with Crippen molar-refractivity contribution in [3.63, 3.8) is 0 Å². The van der Waals surface area contributed by atoms with Gasteiger partial charge >= 0.3 is 0 Å². The van der Waals surface area contributed by atoms with Crippen LogP contribution in [0.3, 0.4) is 0 Å². The summed E-state index contributed by atoms with van der Waals surface area (Å²) in [4.78, 5) is 2.70. The van der Waals surface area contributed by atoms with Crippen molar-refractivity contribution in [2.45, 2.75) is 58.4 Å². The molecule has 2 heterocycles. The molecule has 100 valence electrons. The summed E-state index contributed by atoms with van der Waals surface area (Å²) in [6.45, 7) is 9.91. The summed E-state index contributed by atoms with van der Waals surface area (Å²) in [5, 5.41) is 3.71. The third kappa shape index (κ3) is 3.96. The van der Waals surface area contributed by atoms with E-state index in [-0.39, 0.29) is 0 Å². The molecule has 1 N–H and O–H groups in total. The van der Waals surface area contributed by atoms with Crippen LogP contribution in [0.25, 0.3) is 0 Å². The fourth-order valence-electron chi connectivity index (χ4n) is 3.49. The lowest BCUT2D eigenvalue weighted by molar-refractivity contribution is 0.148. The minimum atomic E-state index is 0.770. The third-order valence-corrected chi connectivity index (χ3v) is 4.94. The molecule has 0 aromatic rings. The molecule has 0 spiro atoms. The van der Waals surface area contributed by atoms with Gasteiger partial charge < -0.3 is 10.2 Å². The van der Waals surface area contributed by atoms with Gasteiger partial charge in [-0.25, -0.2) is 0 Å². The Bertz CT molecular complexity index is 209. The highest BCUT2D eigenvalue weighted by Gasteiger charge is 2.24. The third-order valence-electron chi connectivity index (χ3n) is 4.94. The Morgan fingerprint density at radius 1 is 1.00 bits per heavy atom. The van der Waals surface area contributed by atoms with E-state index in [0.29, 0.717) is 0 Å². The lowest BCUT2D eigenvalue weighted by Crippen LogP contribution is -2.47. The van der Waals surface area contributed by atoms with E-state index in [1.165, 1.54) is 64.7 Å². The highest BCUT2D eigenvalue weighted by atomic mass is 15.2. The van der Waals surface area contributed by atoms with Crippen LogP contribution in [-0.4, -0.2) is 37.1 Å². The highest BCUT2D eigenvalue weighted by molar-refractivity contribution is 4.82. The monoisotopic (exact) mass is 238 g/mol. The minimum Gasteiger partial charge on any atom is -0.313 e. The second-order valence-corrected chi connectivity index (χ2v) is 6.10. The van der Waals surface area contributed by atoms with Crippen LogP contribution in [-0.2, 0) is 0 Å². The van der Waals surface area contributed by atoms with Crippen molar-refractivity contribution in [1.29, 1.82) is 0 Å². The molecule has 2 heteroatoms. The van der Waals surface area contributed by atoms with Gasteiger partial charge in [0.05, 0.1) is 0 Å². The Balaban J connectivity index is 1.70. The number of piperidine rings is 2. The van der Waals surface area contributed by atoms with Crippen molar-refractivity contribution in [3.05, 3.63) is 0 Å². The number of hydrogen-bond donors (Lipinski definition) is 1. The molecule has 2 fully saturated rings. The summed E-state index contributed by atoms with van der Waals surface area (Å²) < 4.78 is 0. The van der Waals surface area contributed by atoms with E-state index in [1.807, 2.05) is 0 Å². The topological polar surface area (TPSA) is 15.3 Å². The predicted octanol–water partition coefficient (Wildman–Crippen LogP) is 2.89. The fraction of sp³-hybridized carbons (Fsp3) is 1.00. The summed E-state index contributed by atoms with van der Waals surface area (Å²) in [6, 6.07) is 0.770. The second-order valence-electron chi connectivity index (χ2n) is 6.10. The van der Waals surface area contributed by atoms with E-state index in [4.69, 9.17) is 0 Å². The highest BCUT2D eigenvalue weighted by Crippen LogP contribution is 2.23. The molecule has 2 saturated heterocycles. The van der Waals surface area contributed by atoms with E-state index < -0.39 is 0 Å². The van der Waals surface area contributed by atoms with Gasteiger partial charge in [0.2, 0.25) is 0 Å². The average Bonchev–Trinajstić information content (AvgIpc) is 2.40. The second kappa shape index (κ2) is 6.75. The SMILES string of the molecule is CCC1CCN(CC2CC(CC)CCN2)CC1. The van der Waals surface area contributed by atoms with Crippen LogP contribution in [0, 0.1) is 11.8 Å². The zero-order valence-corrected chi connectivity index (χ0v) is 11.8. The van der Waals surface area contributed by atoms with Gasteiger partial charge in [-0.1, -0.05) is 26.7 Å². The molecular weight excluding hydrogens is 208 g/mol. The van der Waals surface area contributed by atoms with Crippen LogP contribution in [0.2, 0.25) is 0 Å². The number of nitrogens with one attached hydrogen (secondary N) is 1. The maximum absolute atomic E-state index is 3.71. The van der Waals surface area contributed by atoms with Gasteiger partial charge in [0.25, 0.3) is 0 Å². The molecule has 2 nitrogen and oxygen atoms in total. The molecule has 0 bridgehead atoms. The molecule has 0 aliphatic carbocycles. The quantitative estimate of drug-likeness (QED) is 0.810. The first kappa shape index (κ1) is 13.4. The first-order valence-electron chi connectivity index (χ1n) is 7.77. The van der Waals surface area contributed by atoms with Crippen LogP contribution >= 0.6 is 0 Å². The summed E-state index contributed by atoms with van der Waals surface area (Å²) in [5.41, 5.74) is 0. The van der Waals surface area contributed by atoms with Gasteiger partial charge in [-0.05, 0) is 57.2 Å². The molecule has 17 heavy (non-hydrogen) atoms. The Kier molecular flexibility index (Phi) is 5.30. The summed E-state index contributed by atoms with van der Waals surface area (Å²) in [7, 11) is 0. The predicted molar refractivity (Wildman–Crippen MR) is 74.3 cm³/mol. The van der Waals surface area contributed by atoms with Gasteiger partial charge in [-0.2, -0.15) is 0 Å². The number of nitrogens with zero attached hydrogens (tertiary/aromatic N) is 1. The summed E-state index contributed by atoms with van der Waals surface area (Å²) >= 11 is 0. The van der Waals surface area contributed by atoms with Gasteiger partial charge in [0, 0.05) is 12.6 Å². The van der Waals surface area contributed by atoms with Crippen molar-refractivity contribution in [3.8, 4) is 0 Å². The first-order valence-corrected chi connectivity index (χ1v) is 7.77. The van der Waals surface area contributed by atoms with Crippen LogP contribution < -0.4 is 5.32 Å². The van der Waals surface area contributed by atoms with E-state index in [9.17, 15) is 0 Å². The Morgan fingerprint density at radius 2 is 1.71 bits per heavy atom. The van der Waals surface area contributed by atoms with E-state index in [0.717, 1.165) is 17.9 Å². The molecule has 0 aromatic carbocycles. The molecule has 0 aromatic heterocycles. The molecular formula is C15H30N2. The Morgan fingerprint density at radius 3 is 2.35 bits per heavy atom. The molecule has 0 amide bonds. The fourth-order valence-corrected chi connectivity index (χ4v) is 3.49. The number of rotatable bonds is 4. The van der Waals surface area contributed by atoms with Gasteiger partial charge in [-0.3, -0.25) is 0 Å². The van der Waals surface area contributed by atoms with E-state index in [2.05, 4.69) is 24.1 Å². The van der Waals surface area contributed by atoms with Gasteiger partial charge in [-0.15, -0.1) is 0 Å². The largest absolute Gasteiger partial charge is 0.313 e. The van der Waals surface area contributed by atoms with Crippen LogP contribution in [0.4, 0.5) is 0 Å². The molecule has 0 saturated carbocycles. The lowest BCUT2D eigenvalue weighted by atomic mass is 9.89.